The maximum absolute atomic E-state index is 13.2. The number of hydrogen-bond donors (Lipinski definition) is 0. The summed E-state index contributed by atoms with van der Waals surface area (Å²) in [6, 6.07) is 23.5. The Balaban J connectivity index is 1.61. The molecule has 0 fully saturated rings. The molecule has 0 aliphatic carbocycles. The van der Waals surface area contributed by atoms with Crippen LogP contribution in [0.5, 0.6) is 0 Å². The number of aromatic nitrogens is 3. The highest BCUT2D eigenvalue weighted by molar-refractivity contribution is 8.00. The topological polar surface area (TPSA) is 64.2 Å². The Kier molecular flexibility index (Phi) is 6.52. The third-order valence-electron chi connectivity index (χ3n) is 4.92. The first-order valence-corrected chi connectivity index (χ1v) is 11.1. The second-order valence-electron chi connectivity index (χ2n) is 7.03. The Bertz CT molecular complexity index is 1110. The molecule has 0 bridgehead atoms. The van der Waals surface area contributed by atoms with Gasteiger partial charge < -0.3 is 9.32 Å². The SMILES string of the molecule is CCN(C(=O)C(C)Sc1nnc(-c2ccco2)n1Cc1ccccc1)c1ccccc1. The number of para-hydroxylation sites is 1. The van der Waals surface area contributed by atoms with Crippen LogP contribution >= 0.6 is 11.8 Å². The van der Waals surface area contributed by atoms with E-state index in [9.17, 15) is 4.79 Å². The van der Waals surface area contributed by atoms with Gasteiger partial charge in [0.1, 0.15) is 0 Å². The summed E-state index contributed by atoms with van der Waals surface area (Å²) in [7, 11) is 0. The molecule has 0 saturated carbocycles. The van der Waals surface area contributed by atoms with Crippen LogP contribution < -0.4 is 4.90 Å². The zero-order valence-electron chi connectivity index (χ0n) is 17.5. The van der Waals surface area contributed by atoms with E-state index in [0.29, 0.717) is 29.8 Å². The second-order valence-corrected chi connectivity index (χ2v) is 8.34. The van der Waals surface area contributed by atoms with Crippen molar-refractivity contribution in [3.05, 3.63) is 84.6 Å². The summed E-state index contributed by atoms with van der Waals surface area (Å²) in [6.07, 6.45) is 1.62. The summed E-state index contributed by atoms with van der Waals surface area (Å²) >= 11 is 1.41. The molecule has 1 atom stereocenters. The highest BCUT2D eigenvalue weighted by Crippen LogP contribution is 2.29. The lowest BCUT2D eigenvalue weighted by atomic mass is 10.2. The van der Waals surface area contributed by atoms with Gasteiger partial charge >= 0.3 is 0 Å². The third kappa shape index (κ3) is 4.72. The number of thioether (sulfide) groups is 1. The molecule has 1 amide bonds. The second kappa shape index (κ2) is 9.66. The van der Waals surface area contributed by atoms with Crippen LogP contribution in [-0.4, -0.2) is 32.5 Å². The smallest absolute Gasteiger partial charge is 0.240 e. The van der Waals surface area contributed by atoms with Gasteiger partial charge in [-0.15, -0.1) is 10.2 Å². The molecule has 2 heterocycles. The third-order valence-corrected chi connectivity index (χ3v) is 5.99. The summed E-state index contributed by atoms with van der Waals surface area (Å²) in [4.78, 5) is 15.0. The predicted molar refractivity (Wildman–Crippen MR) is 123 cm³/mol. The standard InChI is InChI=1S/C24H24N4O2S/c1-3-27(20-13-8-5-9-14-20)23(29)18(2)31-24-26-25-22(21-15-10-16-30-21)28(24)17-19-11-6-4-7-12-19/h4-16,18H,3,17H2,1-2H3. The van der Waals surface area contributed by atoms with Gasteiger partial charge in [-0.1, -0.05) is 60.3 Å². The van der Waals surface area contributed by atoms with E-state index >= 15 is 0 Å². The Hall–Kier alpha value is -3.32. The highest BCUT2D eigenvalue weighted by atomic mass is 32.2. The summed E-state index contributed by atoms with van der Waals surface area (Å²) in [6.45, 7) is 5.08. The van der Waals surface area contributed by atoms with Gasteiger partial charge in [0.15, 0.2) is 10.9 Å². The minimum absolute atomic E-state index is 0.0347. The molecule has 7 heteroatoms. The van der Waals surface area contributed by atoms with Crippen LogP contribution in [0, 0.1) is 0 Å². The molecule has 2 aromatic heterocycles. The predicted octanol–water partition coefficient (Wildman–Crippen LogP) is 5.12. The number of anilines is 1. The Morgan fingerprint density at radius 3 is 2.39 bits per heavy atom. The first kappa shape index (κ1) is 20.9. The fourth-order valence-electron chi connectivity index (χ4n) is 3.37. The van der Waals surface area contributed by atoms with Crippen LogP contribution in [0.3, 0.4) is 0 Å². The van der Waals surface area contributed by atoms with Gasteiger partial charge in [-0.2, -0.15) is 0 Å². The van der Waals surface area contributed by atoms with E-state index in [1.165, 1.54) is 11.8 Å². The zero-order valence-corrected chi connectivity index (χ0v) is 18.3. The van der Waals surface area contributed by atoms with Crippen molar-refractivity contribution < 1.29 is 9.21 Å². The monoisotopic (exact) mass is 432 g/mol. The molecular weight excluding hydrogens is 408 g/mol. The summed E-state index contributed by atoms with van der Waals surface area (Å²) in [5, 5.41) is 9.11. The van der Waals surface area contributed by atoms with Crippen molar-refractivity contribution >= 4 is 23.4 Å². The molecular formula is C24H24N4O2S. The molecule has 4 rings (SSSR count). The summed E-state index contributed by atoms with van der Waals surface area (Å²) in [5.74, 6) is 1.33. The maximum atomic E-state index is 13.2. The molecule has 1 unspecified atom stereocenters. The van der Waals surface area contributed by atoms with E-state index < -0.39 is 0 Å². The van der Waals surface area contributed by atoms with Gasteiger partial charge in [-0.25, -0.2) is 0 Å². The van der Waals surface area contributed by atoms with Crippen LogP contribution in [0.15, 0.2) is 88.6 Å². The molecule has 158 valence electrons. The first-order chi connectivity index (χ1) is 15.2. The van der Waals surface area contributed by atoms with Crippen LogP contribution in [0.2, 0.25) is 0 Å². The van der Waals surface area contributed by atoms with Crippen LogP contribution in [0.25, 0.3) is 11.6 Å². The van der Waals surface area contributed by atoms with Crippen molar-refractivity contribution in [2.75, 3.05) is 11.4 Å². The zero-order chi connectivity index (χ0) is 21.6. The quantitative estimate of drug-likeness (QED) is 0.362. The molecule has 0 radical (unpaired) electrons. The highest BCUT2D eigenvalue weighted by Gasteiger charge is 2.25. The average Bonchev–Trinajstić information content (AvgIpc) is 3.46. The minimum atomic E-state index is -0.330. The van der Waals surface area contributed by atoms with Crippen molar-refractivity contribution in [3.8, 4) is 11.6 Å². The van der Waals surface area contributed by atoms with Gasteiger partial charge in [0.25, 0.3) is 0 Å². The van der Waals surface area contributed by atoms with Gasteiger partial charge in [-0.3, -0.25) is 9.36 Å². The molecule has 6 nitrogen and oxygen atoms in total. The fraction of sp³-hybridized carbons (Fsp3) is 0.208. The normalized spacial score (nSPS) is 11.9. The number of amides is 1. The lowest BCUT2D eigenvalue weighted by Gasteiger charge is -2.24. The Morgan fingerprint density at radius 2 is 1.74 bits per heavy atom. The molecule has 0 aliphatic rings. The number of furan rings is 1. The Morgan fingerprint density at radius 1 is 1.03 bits per heavy atom. The minimum Gasteiger partial charge on any atom is -0.461 e. The lowest BCUT2D eigenvalue weighted by molar-refractivity contribution is -0.117. The van der Waals surface area contributed by atoms with Gasteiger partial charge in [0.05, 0.1) is 18.1 Å². The Labute approximate surface area is 185 Å². The van der Waals surface area contributed by atoms with E-state index in [2.05, 4.69) is 22.3 Å². The number of benzene rings is 2. The maximum Gasteiger partial charge on any atom is 0.240 e. The van der Waals surface area contributed by atoms with E-state index in [-0.39, 0.29) is 11.2 Å². The van der Waals surface area contributed by atoms with Crippen LogP contribution in [-0.2, 0) is 11.3 Å². The van der Waals surface area contributed by atoms with Gasteiger partial charge in [0.2, 0.25) is 11.7 Å². The number of hydrogen-bond acceptors (Lipinski definition) is 5. The van der Waals surface area contributed by atoms with Gasteiger partial charge in [0, 0.05) is 12.2 Å². The molecule has 0 saturated heterocycles. The van der Waals surface area contributed by atoms with E-state index in [1.54, 1.807) is 11.2 Å². The number of rotatable bonds is 8. The molecule has 31 heavy (non-hydrogen) atoms. The molecule has 0 N–H and O–H groups in total. The van der Waals surface area contributed by atoms with Crippen LogP contribution in [0.1, 0.15) is 19.4 Å². The fourth-order valence-corrected chi connectivity index (χ4v) is 4.28. The van der Waals surface area contributed by atoms with Crippen molar-refractivity contribution in [2.24, 2.45) is 0 Å². The van der Waals surface area contributed by atoms with E-state index in [4.69, 9.17) is 4.42 Å². The number of nitrogens with zero attached hydrogens (tertiary/aromatic N) is 4. The van der Waals surface area contributed by atoms with E-state index in [0.717, 1.165) is 11.3 Å². The number of carbonyl (C=O) groups is 1. The lowest BCUT2D eigenvalue weighted by Crippen LogP contribution is -2.36. The van der Waals surface area contributed by atoms with Crippen molar-refractivity contribution in [1.82, 2.24) is 14.8 Å². The van der Waals surface area contributed by atoms with Crippen molar-refractivity contribution in [3.63, 3.8) is 0 Å². The molecule has 0 aliphatic heterocycles. The van der Waals surface area contributed by atoms with Crippen molar-refractivity contribution in [1.29, 1.82) is 0 Å². The average molecular weight is 433 g/mol. The number of carbonyl (C=O) groups excluding carboxylic acids is 1. The van der Waals surface area contributed by atoms with E-state index in [1.807, 2.05) is 79.1 Å². The van der Waals surface area contributed by atoms with Gasteiger partial charge in [-0.05, 0) is 43.7 Å². The molecule has 4 aromatic rings. The largest absolute Gasteiger partial charge is 0.461 e. The molecule has 0 spiro atoms. The molecule has 2 aromatic carbocycles. The summed E-state index contributed by atoms with van der Waals surface area (Å²) < 4.78 is 7.57. The summed E-state index contributed by atoms with van der Waals surface area (Å²) in [5.41, 5.74) is 2.01. The first-order valence-electron chi connectivity index (χ1n) is 10.2. The van der Waals surface area contributed by atoms with Crippen molar-refractivity contribution in [2.45, 2.75) is 30.8 Å². The van der Waals surface area contributed by atoms with Crippen LogP contribution in [0.4, 0.5) is 5.69 Å².